The summed E-state index contributed by atoms with van der Waals surface area (Å²) in [6, 6.07) is -0.655. The predicted octanol–water partition coefficient (Wildman–Crippen LogP) is -0.899. The lowest BCUT2D eigenvalue weighted by Crippen LogP contribution is -2.37. The van der Waals surface area contributed by atoms with Crippen LogP contribution in [0.15, 0.2) is 4.99 Å². The molecule has 0 heterocycles. The first kappa shape index (κ1) is 12.7. The molecule has 0 spiro atoms. The van der Waals surface area contributed by atoms with Gasteiger partial charge in [-0.3, -0.25) is 9.79 Å². The van der Waals surface area contributed by atoms with Crippen LogP contribution in [0.2, 0.25) is 0 Å². The van der Waals surface area contributed by atoms with Gasteiger partial charge in [0.2, 0.25) is 0 Å². The molecule has 6 N–H and O–H groups in total. The fraction of sp³-hybridized carbons (Fsp3) is 0.750. The topological polar surface area (TPSA) is 114 Å². The lowest BCUT2D eigenvalue weighted by Gasteiger charge is -2.08. The minimum Gasteiger partial charge on any atom is -0.480 e. The van der Waals surface area contributed by atoms with Gasteiger partial charge in [0.1, 0.15) is 6.04 Å². The Morgan fingerprint density at radius 2 is 2.14 bits per heavy atom. The molecule has 14 heavy (non-hydrogen) atoms. The van der Waals surface area contributed by atoms with Gasteiger partial charge >= 0.3 is 5.97 Å². The summed E-state index contributed by atoms with van der Waals surface area (Å²) in [5, 5.41) is 11.4. The number of carboxylic acids is 1. The van der Waals surface area contributed by atoms with E-state index in [9.17, 15) is 4.79 Å². The third-order valence-electron chi connectivity index (χ3n) is 1.48. The number of aliphatic carboxylic acids is 1. The van der Waals surface area contributed by atoms with Gasteiger partial charge in [0.05, 0.1) is 0 Å². The van der Waals surface area contributed by atoms with Crippen molar-refractivity contribution >= 4 is 11.9 Å². The van der Waals surface area contributed by atoms with Crippen molar-refractivity contribution in [3.63, 3.8) is 0 Å². The van der Waals surface area contributed by atoms with Crippen molar-refractivity contribution in [3.8, 4) is 0 Å². The van der Waals surface area contributed by atoms with Crippen molar-refractivity contribution in [3.05, 3.63) is 0 Å². The minimum atomic E-state index is -1.02. The van der Waals surface area contributed by atoms with Gasteiger partial charge in [0, 0.05) is 12.6 Å². The van der Waals surface area contributed by atoms with Crippen molar-refractivity contribution in [1.29, 1.82) is 0 Å². The zero-order valence-electron chi connectivity index (χ0n) is 8.53. The summed E-state index contributed by atoms with van der Waals surface area (Å²) in [6.45, 7) is 4.19. The second-order valence-electron chi connectivity index (χ2n) is 3.30. The fourth-order valence-corrected chi connectivity index (χ4v) is 0.789. The van der Waals surface area contributed by atoms with E-state index in [1.807, 2.05) is 13.8 Å². The van der Waals surface area contributed by atoms with E-state index in [1.54, 1.807) is 0 Å². The van der Waals surface area contributed by atoms with Crippen LogP contribution in [0, 0.1) is 0 Å². The molecule has 0 saturated heterocycles. The second kappa shape index (κ2) is 6.20. The van der Waals surface area contributed by atoms with Gasteiger partial charge in [0.25, 0.3) is 0 Å². The highest BCUT2D eigenvalue weighted by atomic mass is 16.4. The number of hydrogen-bond acceptors (Lipinski definition) is 3. The van der Waals surface area contributed by atoms with Crippen molar-refractivity contribution in [1.82, 2.24) is 5.32 Å². The van der Waals surface area contributed by atoms with Crippen molar-refractivity contribution in [2.75, 3.05) is 6.54 Å². The molecular weight excluding hydrogens is 184 g/mol. The zero-order chi connectivity index (χ0) is 11.1. The van der Waals surface area contributed by atoms with Crippen molar-refractivity contribution < 1.29 is 9.90 Å². The summed E-state index contributed by atoms with van der Waals surface area (Å²) >= 11 is 0. The number of nitrogens with zero attached hydrogens (tertiary/aromatic N) is 1. The molecule has 0 aliphatic rings. The second-order valence-corrected chi connectivity index (χ2v) is 3.30. The van der Waals surface area contributed by atoms with E-state index in [4.69, 9.17) is 16.6 Å². The van der Waals surface area contributed by atoms with E-state index < -0.39 is 12.0 Å². The number of hydrogen-bond donors (Lipinski definition) is 4. The van der Waals surface area contributed by atoms with E-state index in [0.29, 0.717) is 12.5 Å². The average Bonchev–Trinajstić information content (AvgIpc) is 2.02. The van der Waals surface area contributed by atoms with Crippen LogP contribution in [0.4, 0.5) is 0 Å². The molecule has 0 aliphatic heterocycles. The minimum absolute atomic E-state index is 0.215. The first-order valence-electron chi connectivity index (χ1n) is 4.48. The summed E-state index contributed by atoms with van der Waals surface area (Å²) in [5.41, 5.74) is 10.8. The van der Waals surface area contributed by atoms with Crippen LogP contribution < -0.4 is 16.8 Å². The summed E-state index contributed by atoms with van der Waals surface area (Å²) in [4.78, 5) is 14.3. The van der Waals surface area contributed by atoms with Crippen molar-refractivity contribution in [2.24, 2.45) is 16.5 Å². The highest BCUT2D eigenvalue weighted by molar-refractivity contribution is 5.78. The lowest BCUT2D eigenvalue weighted by molar-refractivity contribution is -0.138. The number of rotatable bonds is 5. The Bertz CT molecular complexity index is 215. The molecular formula is C8H18N4O2. The van der Waals surface area contributed by atoms with Crippen LogP contribution in [-0.4, -0.2) is 35.7 Å². The maximum Gasteiger partial charge on any atom is 0.320 e. The zero-order valence-corrected chi connectivity index (χ0v) is 8.53. The maximum atomic E-state index is 10.3. The van der Waals surface area contributed by atoms with Gasteiger partial charge in [0.15, 0.2) is 5.96 Å². The lowest BCUT2D eigenvalue weighted by atomic mass is 10.2. The number of guanidine groups is 1. The molecule has 0 radical (unpaired) electrons. The molecule has 6 nitrogen and oxygen atoms in total. The van der Waals surface area contributed by atoms with Gasteiger partial charge in [-0.25, -0.2) is 0 Å². The van der Waals surface area contributed by atoms with Crippen LogP contribution in [0.3, 0.4) is 0 Å². The Labute approximate surface area is 83.4 Å². The normalized spacial score (nSPS) is 14.1. The number of aliphatic imine (C=N–C) groups is 1. The van der Waals surface area contributed by atoms with E-state index in [1.165, 1.54) is 0 Å². The molecule has 0 aromatic heterocycles. The molecule has 0 rings (SSSR count). The van der Waals surface area contributed by atoms with Crippen LogP contribution in [0.1, 0.15) is 20.3 Å². The predicted molar refractivity (Wildman–Crippen MR) is 55.0 cm³/mol. The molecule has 0 bridgehead atoms. The molecule has 82 valence electrons. The Morgan fingerprint density at radius 3 is 2.57 bits per heavy atom. The van der Waals surface area contributed by atoms with E-state index in [2.05, 4.69) is 10.3 Å². The third-order valence-corrected chi connectivity index (χ3v) is 1.48. The summed E-state index contributed by atoms with van der Waals surface area (Å²) in [7, 11) is 0. The SMILES string of the molecule is CC(C)NC(N)=NCCC(N)C(=O)O. The molecule has 0 aromatic carbocycles. The summed E-state index contributed by atoms with van der Waals surface area (Å²) in [5.74, 6) is -0.701. The molecule has 0 saturated carbocycles. The highest BCUT2D eigenvalue weighted by Gasteiger charge is 2.09. The Kier molecular flexibility index (Phi) is 5.62. The molecule has 0 aromatic rings. The first-order chi connectivity index (χ1) is 6.43. The van der Waals surface area contributed by atoms with E-state index >= 15 is 0 Å². The molecule has 6 heteroatoms. The average molecular weight is 202 g/mol. The van der Waals surface area contributed by atoms with Crippen molar-refractivity contribution in [2.45, 2.75) is 32.4 Å². The Balaban J connectivity index is 3.75. The first-order valence-corrected chi connectivity index (χ1v) is 4.48. The smallest absolute Gasteiger partial charge is 0.320 e. The monoisotopic (exact) mass is 202 g/mol. The molecule has 0 fully saturated rings. The third kappa shape index (κ3) is 6.24. The van der Waals surface area contributed by atoms with Crippen LogP contribution in [0.25, 0.3) is 0 Å². The standard InChI is InChI=1S/C8H18N4O2/c1-5(2)12-8(10)11-4-3-6(9)7(13)14/h5-6H,3-4,9H2,1-2H3,(H,13,14)(H3,10,11,12). The number of nitrogens with one attached hydrogen (secondary N) is 1. The summed E-state index contributed by atoms with van der Waals surface area (Å²) < 4.78 is 0. The quantitative estimate of drug-likeness (QED) is 0.341. The fourth-order valence-electron chi connectivity index (χ4n) is 0.789. The van der Waals surface area contributed by atoms with Gasteiger partial charge in [-0.2, -0.15) is 0 Å². The number of carbonyl (C=O) groups is 1. The van der Waals surface area contributed by atoms with E-state index in [0.717, 1.165) is 0 Å². The van der Waals surface area contributed by atoms with Gasteiger partial charge in [-0.15, -0.1) is 0 Å². The highest BCUT2D eigenvalue weighted by Crippen LogP contribution is 1.88. The number of nitrogens with two attached hydrogens (primary N) is 2. The van der Waals surface area contributed by atoms with Crippen LogP contribution in [-0.2, 0) is 4.79 Å². The summed E-state index contributed by atoms with van der Waals surface area (Å²) in [6.07, 6.45) is 0.288. The Hall–Kier alpha value is -1.30. The van der Waals surface area contributed by atoms with Gasteiger partial charge in [-0.05, 0) is 20.3 Å². The van der Waals surface area contributed by atoms with Gasteiger partial charge in [-0.1, -0.05) is 0 Å². The van der Waals surface area contributed by atoms with Crippen LogP contribution >= 0.6 is 0 Å². The molecule has 0 amide bonds. The largest absolute Gasteiger partial charge is 0.480 e. The van der Waals surface area contributed by atoms with Crippen LogP contribution in [0.5, 0.6) is 0 Å². The molecule has 0 aliphatic carbocycles. The maximum absolute atomic E-state index is 10.3. The molecule has 1 atom stereocenters. The molecule has 1 unspecified atom stereocenters. The number of carboxylic acid groups (broad SMARTS) is 1. The van der Waals surface area contributed by atoms with Gasteiger partial charge < -0.3 is 21.9 Å². The van der Waals surface area contributed by atoms with E-state index in [-0.39, 0.29) is 12.5 Å². The Morgan fingerprint density at radius 1 is 1.57 bits per heavy atom.